The van der Waals surface area contributed by atoms with E-state index in [0.717, 1.165) is 78.3 Å². The van der Waals surface area contributed by atoms with Crippen LogP contribution in [0.3, 0.4) is 0 Å². The largest absolute Gasteiger partial charge is 0.456 e. The molecule has 3 aliphatic rings. The summed E-state index contributed by atoms with van der Waals surface area (Å²) in [5, 5.41) is 4.97. The van der Waals surface area contributed by atoms with Crippen LogP contribution in [0.5, 0.6) is 11.5 Å². The topological polar surface area (TPSA) is 85.4 Å². The first-order chi connectivity index (χ1) is 26.3. The molecule has 0 fully saturated rings. The van der Waals surface area contributed by atoms with Crippen LogP contribution in [-0.4, -0.2) is 73.3 Å². The van der Waals surface area contributed by atoms with Gasteiger partial charge in [0.15, 0.2) is 0 Å². The van der Waals surface area contributed by atoms with Crippen molar-refractivity contribution < 1.29 is 19.1 Å². The predicted molar refractivity (Wildman–Crippen MR) is 216 cm³/mol. The summed E-state index contributed by atoms with van der Waals surface area (Å²) in [5.74, 6) is 0.484. The molecule has 9 nitrogen and oxygen atoms in total. The zero-order valence-corrected chi connectivity index (χ0v) is 31.7. The van der Waals surface area contributed by atoms with Gasteiger partial charge in [-0.3, -0.25) is 19.3 Å². The quantitative estimate of drug-likeness (QED) is 0.129. The molecule has 3 heterocycles. The minimum absolute atomic E-state index is 0.0192. The minimum atomic E-state index is -1.07. The number of nitrogens with one attached hydrogen (secondary N) is 1. The van der Waals surface area contributed by atoms with Crippen molar-refractivity contribution in [2.75, 3.05) is 60.9 Å². The summed E-state index contributed by atoms with van der Waals surface area (Å²) >= 11 is 0. The van der Waals surface area contributed by atoms with Crippen LogP contribution in [0.15, 0.2) is 91.0 Å². The fourth-order valence-corrected chi connectivity index (χ4v) is 8.86. The first kappa shape index (κ1) is 35.2. The molecule has 0 aliphatic carbocycles. The number of carbonyl (C=O) groups is 3. The second kappa shape index (κ2) is 13.9. The SMILES string of the molecule is CCCNc1ccc2c3c(cccc13)C(=O)N(CCN1C(=O)c3ccccc3C13c1ccc(N(CC)CC)cc1Oc1cc(N(CC)CC)ccc13)C2=O. The van der Waals surface area contributed by atoms with E-state index in [1.54, 1.807) is 6.07 Å². The van der Waals surface area contributed by atoms with Crippen molar-refractivity contribution in [3.8, 4) is 11.5 Å². The Bertz CT molecular complexity index is 2230. The van der Waals surface area contributed by atoms with E-state index < -0.39 is 5.54 Å². The van der Waals surface area contributed by atoms with Crippen LogP contribution in [0.1, 0.15) is 88.8 Å². The van der Waals surface area contributed by atoms with Crippen LogP contribution < -0.4 is 19.9 Å². The number of amides is 3. The van der Waals surface area contributed by atoms with Crippen LogP contribution >= 0.6 is 0 Å². The highest BCUT2D eigenvalue weighted by Gasteiger charge is 2.56. The van der Waals surface area contributed by atoms with Crippen LogP contribution in [0, 0.1) is 0 Å². The van der Waals surface area contributed by atoms with Crippen LogP contribution in [0.4, 0.5) is 17.1 Å². The number of carbonyl (C=O) groups excluding carboxylic acids is 3. The van der Waals surface area contributed by atoms with E-state index in [4.69, 9.17) is 4.74 Å². The summed E-state index contributed by atoms with van der Waals surface area (Å²) in [7, 11) is 0. The number of benzene rings is 5. The number of rotatable bonds is 12. The van der Waals surface area contributed by atoms with Gasteiger partial charge in [-0.25, -0.2) is 0 Å². The van der Waals surface area contributed by atoms with Gasteiger partial charge in [0.2, 0.25) is 0 Å². The molecule has 3 aliphatic heterocycles. The molecule has 9 heteroatoms. The molecule has 276 valence electrons. The third-order valence-electron chi connectivity index (χ3n) is 11.5. The third-order valence-corrected chi connectivity index (χ3v) is 11.5. The Balaban J connectivity index is 1.26. The lowest BCUT2D eigenvalue weighted by molar-refractivity contribution is 0.0517. The number of fused-ring (bicyclic) bond motifs is 6. The molecule has 54 heavy (non-hydrogen) atoms. The van der Waals surface area contributed by atoms with Gasteiger partial charge in [-0.05, 0) is 76.1 Å². The van der Waals surface area contributed by atoms with Crippen LogP contribution in [0.25, 0.3) is 10.8 Å². The highest BCUT2D eigenvalue weighted by molar-refractivity contribution is 6.26. The Labute approximate surface area is 317 Å². The van der Waals surface area contributed by atoms with Gasteiger partial charge in [0, 0.05) is 114 Å². The van der Waals surface area contributed by atoms with Crippen molar-refractivity contribution in [3.63, 3.8) is 0 Å². The number of ether oxygens (including phenoxy) is 1. The number of hydrogen-bond donors (Lipinski definition) is 1. The summed E-state index contributed by atoms with van der Waals surface area (Å²) in [4.78, 5) is 51.1. The standard InChI is InChI=1S/C45H47N5O4/c1-6-24-46-38-23-20-34-41-32(38)15-13-16-33(41)42(51)49(43(34)52)25-26-50-44(53)31-14-11-12-17-35(31)45(50)36-21-18-29(47(7-2)8-3)27-39(36)54-40-28-30(19-22-37(40)45)48(9-4)10-5/h11-23,27-28,46H,6-10,24-26H2,1-5H3. The Kier molecular flexibility index (Phi) is 9.04. The summed E-state index contributed by atoms with van der Waals surface area (Å²) in [6.07, 6.45) is 0.949. The average molecular weight is 722 g/mol. The lowest BCUT2D eigenvalue weighted by Crippen LogP contribution is -2.51. The molecular formula is C45H47N5O4. The normalized spacial score (nSPS) is 14.9. The lowest BCUT2D eigenvalue weighted by Gasteiger charge is -2.45. The fraction of sp³-hybridized carbons (Fsp3) is 0.311. The summed E-state index contributed by atoms with van der Waals surface area (Å²) in [6, 6.07) is 29.7. The molecule has 1 spiro atoms. The van der Waals surface area contributed by atoms with E-state index in [0.29, 0.717) is 33.6 Å². The van der Waals surface area contributed by atoms with E-state index in [1.165, 1.54) is 4.90 Å². The molecule has 0 unspecified atom stereocenters. The Morgan fingerprint density at radius 2 is 1.20 bits per heavy atom. The van der Waals surface area contributed by atoms with E-state index in [2.05, 4.69) is 86.1 Å². The Hall–Kier alpha value is -5.83. The van der Waals surface area contributed by atoms with Crippen molar-refractivity contribution in [2.24, 2.45) is 0 Å². The van der Waals surface area contributed by atoms with Crippen molar-refractivity contribution >= 4 is 45.6 Å². The minimum Gasteiger partial charge on any atom is -0.456 e. The maximum Gasteiger partial charge on any atom is 0.261 e. The second-order valence-electron chi connectivity index (χ2n) is 14.1. The lowest BCUT2D eigenvalue weighted by atomic mass is 9.74. The monoisotopic (exact) mass is 721 g/mol. The van der Waals surface area contributed by atoms with Gasteiger partial charge in [0.1, 0.15) is 17.0 Å². The van der Waals surface area contributed by atoms with Gasteiger partial charge in [-0.1, -0.05) is 49.4 Å². The Morgan fingerprint density at radius 3 is 1.81 bits per heavy atom. The molecule has 5 aromatic rings. The van der Waals surface area contributed by atoms with Gasteiger partial charge in [-0.15, -0.1) is 0 Å². The summed E-state index contributed by atoms with van der Waals surface area (Å²) in [6.45, 7) is 14.9. The molecule has 0 aromatic heterocycles. The van der Waals surface area contributed by atoms with E-state index >= 15 is 0 Å². The van der Waals surface area contributed by atoms with Gasteiger partial charge in [0.05, 0.1) is 0 Å². The van der Waals surface area contributed by atoms with Gasteiger partial charge >= 0.3 is 0 Å². The van der Waals surface area contributed by atoms with Crippen molar-refractivity contribution in [3.05, 3.63) is 124 Å². The van der Waals surface area contributed by atoms with Gasteiger partial charge < -0.3 is 24.8 Å². The molecule has 1 N–H and O–H groups in total. The Morgan fingerprint density at radius 1 is 0.611 bits per heavy atom. The number of anilines is 3. The van der Waals surface area contributed by atoms with E-state index in [-0.39, 0.29) is 30.8 Å². The molecule has 0 saturated carbocycles. The predicted octanol–water partition coefficient (Wildman–Crippen LogP) is 8.50. The zero-order chi connectivity index (χ0) is 37.7. The highest BCUT2D eigenvalue weighted by Crippen LogP contribution is 2.58. The molecule has 0 radical (unpaired) electrons. The van der Waals surface area contributed by atoms with Crippen molar-refractivity contribution in [1.29, 1.82) is 0 Å². The number of imide groups is 1. The smallest absolute Gasteiger partial charge is 0.261 e. The molecular weight excluding hydrogens is 675 g/mol. The van der Waals surface area contributed by atoms with E-state index in [9.17, 15) is 14.4 Å². The van der Waals surface area contributed by atoms with Gasteiger partial charge in [0.25, 0.3) is 17.7 Å². The van der Waals surface area contributed by atoms with Crippen molar-refractivity contribution in [1.82, 2.24) is 9.80 Å². The summed E-state index contributed by atoms with van der Waals surface area (Å²) in [5.41, 5.74) is 6.01. The first-order valence-corrected chi connectivity index (χ1v) is 19.4. The van der Waals surface area contributed by atoms with Crippen LogP contribution in [-0.2, 0) is 5.54 Å². The second-order valence-corrected chi connectivity index (χ2v) is 14.1. The fourth-order valence-electron chi connectivity index (χ4n) is 8.86. The maximum absolute atomic E-state index is 14.8. The van der Waals surface area contributed by atoms with Gasteiger partial charge in [-0.2, -0.15) is 0 Å². The molecule has 0 saturated heterocycles. The third kappa shape index (κ3) is 5.16. The summed E-state index contributed by atoms with van der Waals surface area (Å²) < 4.78 is 6.84. The molecule has 8 rings (SSSR count). The molecule has 0 bridgehead atoms. The van der Waals surface area contributed by atoms with E-state index in [1.807, 2.05) is 53.4 Å². The maximum atomic E-state index is 14.8. The zero-order valence-electron chi connectivity index (χ0n) is 31.7. The highest BCUT2D eigenvalue weighted by atomic mass is 16.5. The molecule has 3 amide bonds. The average Bonchev–Trinajstić information content (AvgIpc) is 3.44. The molecule has 5 aromatic carbocycles. The first-order valence-electron chi connectivity index (χ1n) is 19.4. The number of hydrogen-bond acceptors (Lipinski definition) is 7. The molecule has 0 atom stereocenters. The number of nitrogens with zero attached hydrogens (tertiary/aromatic N) is 4. The van der Waals surface area contributed by atoms with Crippen molar-refractivity contribution in [2.45, 2.75) is 46.6 Å². The van der Waals surface area contributed by atoms with Crippen LogP contribution in [0.2, 0.25) is 0 Å².